The van der Waals surface area contributed by atoms with E-state index in [1.54, 1.807) is 18.7 Å². The Morgan fingerprint density at radius 2 is 2.38 bits per heavy atom. The van der Waals surface area contributed by atoms with E-state index in [4.69, 9.17) is 16.0 Å². The van der Waals surface area contributed by atoms with Crippen molar-refractivity contribution in [3.8, 4) is 0 Å². The van der Waals surface area contributed by atoms with Crippen molar-refractivity contribution >= 4 is 29.4 Å². The molecule has 74 valence electrons. The average molecular weight is 222 g/mol. The summed E-state index contributed by atoms with van der Waals surface area (Å²) < 4.78 is 5.22. The zero-order valence-corrected chi connectivity index (χ0v) is 9.15. The van der Waals surface area contributed by atoms with Gasteiger partial charge < -0.3 is 9.73 Å². The quantitative estimate of drug-likeness (QED) is 0.610. The van der Waals surface area contributed by atoms with Crippen molar-refractivity contribution in [2.24, 2.45) is 0 Å². The van der Waals surface area contributed by atoms with Gasteiger partial charge in [-0.1, -0.05) is 5.10 Å². The van der Waals surface area contributed by atoms with Gasteiger partial charge in [-0.3, -0.25) is 0 Å². The number of nitrogens with one attached hydrogen (secondary N) is 1. The smallest absolute Gasteiger partial charge is 0.315 e. The van der Waals surface area contributed by atoms with Crippen LogP contribution < -0.4 is 5.32 Å². The SMILES string of the molecule is CSCCNc1nnc(C(C)Cl)o1. The van der Waals surface area contributed by atoms with Gasteiger partial charge in [-0.2, -0.15) is 11.8 Å². The van der Waals surface area contributed by atoms with Crippen molar-refractivity contribution in [1.82, 2.24) is 10.2 Å². The van der Waals surface area contributed by atoms with E-state index in [9.17, 15) is 0 Å². The van der Waals surface area contributed by atoms with Crippen molar-refractivity contribution in [3.63, 3.8) is 0 Å². The molecule has 0 aliphatic rings. The fraction of sp³-hybridized carbons (Fsp3) is 0.714. The molecule has 0 radical (unpaired) electrons. The van der Waals surface area contributed by atoms with E-state index in [2.05, 4.69) is 15.5 Å². The minimum absolute atomic E-state index is 0.233. The molecule has 1 N–H and O–H groups in total. The van der Waals surface area contributed by atoms with Gasteiger partial charge in [0, 0.05) is 12.3 Å². The zero-order valence-electron chi connectivity index (χ0n) is 7.58. The Balaban J connectivity index is 2.40. The van der Waals surface area contributed by atoms with E-state index in [0.717, 1.165) is 12.3 Å². The van der Waals surface area contributed by atoms with Gasteiger partial charge in [-0.05, 0) is 13.2 Å². The lowest BCUT2D eigenvalue weighted by atomic mass is 10.5. The van der Waals surface area contributed by atoms with Crippen LogP contribution in [0.15, 0.2) is 4.42 Å². The summed E-state index contributed by atoms with van der Waals surface area (Å²) in [7, 11) is 0. The lowest BCUT2D eigenvalue weighted by molar-refractivity contribution is 0.507. The first-order valence-electron chi connectivity index (χ1n) is 3.94. The predicted octanol–water partition coefficient (Wildman–Crippen LogP) is 2.14. The molecule has 0 amide bonds. The van der Waals surface area contributed by atoms with Crippen LogP contribution in [-0.2, 0) is 0 Å². The number of rotatable bonds is 5. The van der Waals surface area contributed by atoms with Gasteiger partial charge in [-0.15, -0.1) is 16.7 Å². The van der Waals surface area contributed by atoms with Crippen LogP contribution >= 0.6 is 23.4 Å². The Kier molecular flexibility index (Phi) is 4.38. The highest BCUT2D eigenvalue weighted by atomic mass is 35.5. The molecule has 1 unspecified atom stereocenters. The van der Waals surface area contributed by atoms with Crippen molar-refractivity contribution < 1.29 is 4.42 Å². The number of nitrogens with zero attached hydrogens (tertiary/aromatic N) is 2. The van der Waals surface area contributed by atoms with E-state index >= 15 is 0 Å². The molecule has 1 aromatic heterocycles. The molecule has 0 aromatic carbocycles. The van der Waals surface area contributed by atoms with Gasteiger partial charge >= 0.3 is 6.01 Å². The molecule has 0 saturated heterocycles. The summed E-state index contributed by atoms with van der Waals surface area (Å²) in [6.07, 6.45) is 2.04. The van der Waals surface area contributed by atoms with Crippen molar-refractivity contribution in [2.75, 3.05) is 23.9 Å². The molecule has 4 nitrogen and oxygen atoms in total. The molecule has 1 heterocycles. The molecular weight excluding hydrogens is 210 g/mol. The summed E-state index contributed by atoms with van der Waals surface area (Å²) in [6.45, 7) is 2.61. The number of anilines is 1. The Morgan fingerprint density at radius 1 is 1.62 bits per heavy atom. The van der Waals surface area contributed by atoms with Crippen molar-refractivity contribution in [2.45, 2.75) is 12.3 Å². The highest BCUT2D eigenvalue weighted by molar-refractivity contribution is 7.98. The van der Waals surface area contributed by atoms with Gasteiger partial charge in [0.15, 0.2) is 0 Å². The monoisotopic (exact) mass is 221 g/mol. The highest BCUT2D eigenvalue weighted by Gasteiger charge is 2.09. The predicted molar refractivity (Wildman–Crippen MR) is 55.4 cm³/mol. The molecule has 1 atom stereocenters. The van der Waals surface area contributed by atoms with Crippen LogP contribution in [0, 0.1) is 0 Å². The summed E-state index contributed by atoms with van der Waals surface area (Å²) >= 11 is 7.51. The van der Waals surface area contributed by atoms with Crippen LogP contribution in [0.4, 0.5) is 6.01 Å². The minimum atomic E-state index is -0.233. The van der Waals surface area contributed by atoms with E-state index in [0.29, 0.717) is 11.9 Å². The molecule has 1 aromatic rings. The Bertz CT molecular complexity index is 254. The summed E-state index contributed by atoms with van der Waals surface area (Å²) in [5, 5.41) is 10.3. The first kappa shape index (κ1) is 10.7. The number of hydrogen-bond donors (Lipinski definition) is 1. The molecular formula is C7H12ClN3OS. The fourth-order valence-corrected chi connectivity index (χ4v) is 1.12. The third-order valence-corrected chi connectivity index (χ3v) is 2.16. The van der Waals surface area contributed by atoms with Gasteiger partial charge in [0.1, 0.15) is 5.38 Å². The minimum Gasteiger partial charge on any atom is -0.407 e. The van der Waals surface area contributed by atoms with Crippen LogP contribution in [0.2, 0.25) is 0 Å². The van der Waals surface area contributed by atoms with E-state index < -0.39 is 0 Å². The van der Waals surface area contributed by atoms with E-state index in [1.165, 1.54) is 0 Å². The van der Waals surface area contributed by atoms with Crippen molar-refractivity contribution in [3.05, 3.63) is 5.89 Å². The van der Waals surface area contributed by atoms with Crippen LogP contribution in [0.1, 0.15) is 18.2 Å². The van der Waals surface area contributed by atoms with Gasteiger partial charge in [0.2, 0.25) is 5.89 Å². The maximum Gasteiger partial charge on any atom is 0.315 e. The molecule has 0 bridgehead atoms. The molecule has 0 spiro atoms. The zero-order chi connectivity index (χ0) is 9.68. The second-order valence-corrected chi connectivity index (χ2v) is 4.12. The maximum atomic E-state index is 5.75. The number of aromatic nitrogens is 2. The Labute approximate surface area is 86.4 Å². The average Bonchev–Trinajstić information content (AvgIpc) is 2.53. The molecule has 0 aliphatic heterocycles. The van der Waals surface area contributed by atoms with Crippen molar-refractivity contribution in [1.29, 1.82) is 0 Å². The topological polar surface area (TPSA) is 51.0 Å². The van der Waals surface area contributed by atoms with Crippen LogP contribution in [0.25, 0.3) is 0 Å². The standard InChI is InChI=1S/C7H12ClN3OS/c1-5(8)6-10-11-7(12-6)9-3-4-13-2/h5H,3-4H2,1-2H3,(H,9,11). The molecule has 0 fully saturated rings. The van der Waals surface area contributed by atoms with E-state index in [-0.39, 0.29) is 5.38 Å². The molecule has 0 aliphatic carbocycles. The van der Waals surface area contributed by atoms with Crippen LogP contribution in [-0.4, -0.2) is 28.8 Å². The summed E-state index contributed by atoms with van der Waals surface area (Å²) in [6, 6.07) is 0.441. The lowest BCUT2D eigenvalue weighted by Crippen LogP contribution is -2.03. The molecule has 13 heavy (non-hydrogen) atoms. The number of halogens is 1. The summed E-state index contributed by atoms with van der Waals surface area (Å²) in [5.41, 5.74) is 0. The number of alkyl halides is 1. The Hall–Kier alpha value is -0.420. The first-order valence-corrected chi connectivity index (χ1v) is 5.77. The second-order valence-electron chi connectivity index (χ2n) is 2.48. The van der Waals surface area contributed by atoms with Crippen LogP contribution in [0.3, 0.4) is 0 Å². The Morgan fingerprint density at radius 3 is 2.92 bits per heavy atom. The summed E-state index contributed by atoms with van der Waals surface area (Å²) in [5.74, 6) is 1.46. The molecule has 6 heteroatoms. The fourth-order valence-electron chi connectivity index (χ4n) is 0.727. The van der Waals surface area contributed by atoms with Gasteiger partial charge in [0.05, 0.1) is 0 Å². The number of thioether (sulfide) groups is 1. The largest absolute Gasteiger partial charge is 0.407 e. The summed E-state index contributed by atoms with van der Waals surface area (Å²) in [4.78, 5) is 0. The number of hydrogen-bond acceptors (Lipinski definition) is 5. The van der Waals surface area contributed by atoms with E-state index in [1.807, 2.05) is 6.26 Å². The normalized spacial score (nSPS) is 12.8. The van der Waals surface area contributed by atoms with Gasteiger partial charge in [0.25, 0.3) is 0 Å². The second kappa shape index (κ2) is 5.34. The van der Waals surface area contributed by atoms with Gasteiger partial charge in [-0.25, -0.2) is 0 Å². The highest BCUT2D eigenvalue weighted by Crippen LogP contribution is 2.18. The van der Waals surface area contributed by atoms with Crippen LogP contribution in [0.5, 0.6) is 0 Å². The molecule has 0 saturated carbocycles. The lowest BCUT2D eigenvalue weighted by Gasteiger charge is -1.97. The third-order valence-electron chi connectivity index (χ3n) is 1.36. The maximum absolute atomic E-state index is 5.75. The third kappa shape index (κ3) is 3.44. The first-order chi connectivity index (χ1) is 6.24. The molecule has 1 rings (SSSR count).